The molecule has 0 spiro atoms. The van der Waals surface area contributed by atoms with Gasteiger partial charge in [-0.15, -0.1) is 23.1 Å². The molecule has 2 heterocycles. The van der Waals surface area contributed by atoms with Crippen LogP contribution < -0.4 is 16.0 Å². The molecule has 1 unspecified atom stereocenters. The van der Waals surface area contributed by atoms with Gasteiger partial charge in [0.1, 0.15) is 10.7 Å². The number of carbonyl (C=O) groups excluding carboxylic acids is 4. The molecule has 0 radical (unpaired) electrons. The Hall–Kier alpha value is -5.49. The van der Waals surface area contributed by atoms with Crippen LogP contribution in [0.5, 0.6) is 0 Å². The van der Waals surface area contributed by atoms with Crippen LogP contribution in [0.15, 0.2) is 120 Å². The SMILES string of the molecule is CCC(Sc1cccc(NC(=O)/C(=C\c2ccc(C(C)C)cc2)NC(=O)c2ccccc2)c1)C(=O)Nc1sc2c(c1C(=O)OC)CCN(Cc1ccccc1)C2. The van der Waals surface area contributed by atoms with E-state index in [1.54, 1.807) is 42.5 Å². The maximum atomic E-state index is 13.8. The fourth-order valence-corrected chi connectivity index (χ4v) is 8.74. The normalized spacial score (nSPS) is 13.4. The van der Waals surface area contributed by atoms with Crippen LogP contribution in [0.25, 0.3) is 6.08 Å². The molecular weight excluding hydrogens is 741 g/mol. The third-order valence-corrected chi connectivity index (χ3v) is 12.0. The van der Waals surface area contributed by atoms with Gasteiger partial charge >= 0.3 is 5.97 Å². The first-order chi connectivity index (χ1) is 27.1. The van der Waals surface area contributed by atoms with Gasteiger partial charge in [0.15, 0.2) is 0 Å². The number of thiophene rings is 1. The van der Waals surface area contributed by atoms with Gasteiger partial charge in [-0.05, 0) is 77.4 Å². The summed E-state index contributed by atoms with van der Waals surface area (Å²) >= 11 is 2.80. The summed E-state index contributed by atoms with van der Waals surface area (Å²) in [6.45, 7) is 8.43. The van der Waals surface area contributed by atoms with E-state index in [-0.39, 0.29) is 11.6 Å². The Kier molecular flexibility index (Phi) is 13.6. The lowest BCUT2D eigenvalue weighted by molar-refractivity contribution is -0.116. The fraction of sp³-hybridized carbons (Fsp3) is 0.244. The molecule has 0 fully saturated rings. The minimum absolute atomic E-state index is 0.0864. The first-order valence-electron chi connectivity index (χ1n) is 18.7. The quantitative estimate of drug-likeness (QED) is 0.0584. The van der Waals surface area contributed by atoms with Gasteiger partial charge in [0, 0.05) is 40.7 Å². The number of nitrogens with one attached hydrogen (secondary N) is 3. The van der Waals surface area contributed by atoms with E-state index in [1.807, 2.05) is 67.6 Å². The summed E-state index contributed by atoms with van der Waals surface area (Å²) in [5.74, 6) is -1.23. The van der Waals surface area contributed by atoms with Crippen molar-refractivity contribution in [2.24, 2.45) is 0 Å². The molecule has 0 saturated carbocycles. The molecule has 1 aliphatic heterocycles. The number of hydrogen-bond donors (Lipinski definition) is 3. The van der Waals surface area contributed by atoms with E-state index < -0.39 is 23.0 Å². The first-order valence-corrected chi connectivity index (χ1v) is 20.4. The minimum Gasteiger partial charge on any atom is -0.465 e. The summed E-state index contributed by atoms with van der Waals surface area (Å²) in [5, 5.41) is 8.81. The van der Waals surface area contributed by atoms with Gasteiger partial charge in [-0.25, -0.2) is 4.79 Å². The lowest BCUT2D eigenvalue weighted by Crippen LogP contribution is -2.30. The summed E-state index contributed by atoms with van der Waals surface area (Å²) < 4.78 is 5.18. The van der Waals surface area contributed by atoms with Crippen molar-refractivity contribution in [1.82, 2.24) is 10.2 Å². The van der Waals surface area contributed by atoms with E-state index in [0.717, 1.165) is 34.0 Å². The van der Waals surface area contributed by atoms with Gasteiger partial charge in [-0.1, -0.05) is 99.6 Å². The number of hydrogen-bond acceptors (Lipinski definition) is 8. The molecule has 4 aromatic carbocycles. The molecule has 0 saturated heterocycles. The number of nitrogens with zero attached hydrogens (tertiary/aromatic N) is 1. The maximum absolute atomic E-state index is 13.8. The highest BCUT2D eigenvalue weighted by molar-refractivity contribution is 8.00. The Bertz CT molecular complexity index is 2200. The van der Waals surface area contributed by atoms with Gasteiger partial charge in [0.2, 0.25) is 5.91 Å². The second kappa shape index (κ2) is 18.9. The molecule has 56 heavy (non-hydrogen) atoms. The lowest BCUT2D eigenvalue weighted by Gasteiger charge is -2.27. The smallest absolute Gasteiger partial charge is 0.341 e. The van der Waals surface area contributed by atoms with Gasteiger partial charge in [-0.3, -0.25) is 19.3 Å². The average Bonchev–Trinajstić information content (AvgIpc) is 3.57. The number of ether oxygens (including phenoxy) is 1. The number of thioether (sulfide) groups is 1. The summed E-state index contributed by atoms with van der Waals surface area (Å²) in [6, 6.07) is 34.1. The van der Waals surface area contributed by atoms with Crippen LogP contribution in [0.4, 0.5) is 10.7 Å². The molecule has 0 aliphatic carbocycles. The second-order valence-electron chi connectivity index (χ2n) is 13.8. The van der Waals surface area contributed by atoms with E-state index in [4.69, 9.17) is 4.74 Å². The van der Waals surface area contributed by atoms with Crippen LogP contribution in [0.1, 0.15) is 81.0 Å². The van der Waals surface area contributed by atoms with Crippen molar-refractivity contribution in [2.75, 3.05) is 24.3 Å². The molecule has 11 heteroatoms. The summed E-state index contributed by atoms with van der Waals surface area (Å²) in [7, 11) is 1.36. The number of rotatable bonds is 14. The summed E-state index contributed by atoms with van der Waals surface area (Å²) in [6.07, 6.45) is 2.85. The van der Waals surface area contributed by atoms with Crippen LogP contribution in [0.3, 0.4) is 0 Å². The van der Waals surface area contributed by atoms with Crippen LogP contribution in [-0.4, -0.2) is 47.5 Å². The van der Waals surface area contributed by atoms with Crippen LogP contribution >= 0.6 is 23.1 Å². The summed E-state index contributed by atoms with van der Waals surface area (Å²) in [5.41, 5.74) is 5.54. The van der Waals surface area contributed by atoms with Gasteiger partial charge in [-0.2, -0.15) is 0 Å². The van der Waals surface area contributed by atoms with Crippen molar-refractivity contribution >= 4 is 63.6 Å². The van der Waals surface area contributed by atoms with E-state index in [0.29, 0.717) is 47.1 Å². The van der Waals surface area contributed by atoms with Crippen molar-refractivity contribution in [3.8, 4) is 0 Å². The topological polar surface area (TPSA) is 117 Å². The predicted octanol–water partition coefficient (Wildman–Crippen LogP) is 9.14. The molecule has 6 rings (SSSR count). The molecule has 5 aromatic rings. The first kappa shape index (κ1) is 40.2. The predicted molar refractivity (Wildman–Crippen MR) is 226 cm³/mol. The van der Waals surface area contributed by atoms with E-state index in [1.165, 1.54) is 41.3 Å². The number of benzene rings is 4. The van der Waals surface area contributed by atoms with Crippen LogP contribution in [0, 0.1) is 0 Å². The Morgan fingerprint density at radius 1 is 0.893 bits per heavy atom. The van der Waals surface area contributed by atoms with Crippen molar-refractivity contribution in [3.63, 3.8) is 0 Å². The van der Waals surface area contributed by atoms with Crippen LogP contribution in [-0.2, 0) is 33.8 Å². The third-order valence-electron chi connectivity index (χ3n) is 9.49. The van der Waals surface area contributed by atoms with Gasteiger partial charge < -0.3 is 20.7 Å². The molecule has 9 nitrogen and oxygen atoms in total. The van der Waals surface area contributed by atoms with E-state index in [2.05, 4.69) is 46.8 Å². The molecule has 0 bridgehead atoms. The number of anilines is 2. The Morgan fingerprint density at radius 3 is 2.29 bits per heavy atom. The molecule has 1 atom stereocenters. The molecule has 1 aliphatic rings. The monoisotopic (exact) mass is 786 g/mol. The third kappa shape index (κ3) is 10.2. The number of fused-ring (bicyclic) bond motifs is 1. The summed E-state index contributed by atoms with van der Waals surface area (Å²) in [4.78, 5) is 58.0. The number of methoxy groups -OCH3 is 1. The molecule has 1 aromatic heterocycles. The van der Waals surface area contributed by atoms with Gasteiger partial charge in [0.05, 0.1) is 17.9 Å². The minimum atomic E-state index is -0.492. The standard InChI is InChI=1S/C45H46N4O5S2/c1-5-38(43(52)48-44-40(45(53)54-4)36-23-24-49(28-39(36)56-44)27-31-13-8-6-9-14-31)55-35-18-12-17-34(26-35)46-42(51)37(47-41(50)33-15-10-7-11-16-33)25-30-19-21-32(22-20-30)29(2)3/h6-22,25-26,29,38H,5,23-24,27-28H2,1-4H3,(H,46,51)(H,47,50)(H,48,52)/b37-25+. The van der Waals surface area contributed by atoms with Crippen molar-refractivity contribution in [3.05, 3.63) is 153 Å². The van der Waals surface area contributed by atoms with E-state index in [9.17, 15) is 19.2 Å². The molecule has 3 N–H and O–H groups in total. The maximum Gasteiger partial charge on any atom is 0.341 e. The second-order valence-corrected chi connectivity index (χ2v) is 16.2. The lowest BCUT2D eigenvalue weighted by atomic mass is 10.0. The zero-order valence-corrected chi connectivity index (χ0v) is 33.6. The van der Waals surface area contributed by atoms with Crippen molar-refractivity contribution < 1.29 is 23.9 Å². The van der Waals surface area contributed by atoms with E-state index >= 15 is 0 Å². The Morgan fingerprint density at radius 2 is 1.61 bits per heavy atom. The highest BCUT2D eigenvalue weighted by Gasteiger charge is 2.30. The van der Waals surface area contributed by atoms with Crippen molar-refractivity contribution in [2.45, 2.75) is 62.8 Å². The average molecular weight is 787 g/mol. The number of amides is 3. The Balaban J connectivity index is 1.16. The zero-order valence-electron chi connectivity index (χ0n) is 32.0. The molecule has 3 amide bonds. The molecule has 288 valence electrons. The zero-order chi connectivity index (χ0) is 39.6. The highest BCUT2D eigenvalue weighted by atomic mass is 32.2. The largest absolute Gasteiger partial charge is 0.465 e. The Labute approximate surface area is 336 Å². The highest BCUT2D eigenvalue weighted by Crippen LogP contribution is 2.39. The fourth-order valence-electron chi connectivity index (χ4n) is 6.45. The number of carbonyl (C=O) groups is 4. The number of esters is 1. The molecular formula is C45H46N4O5S2. The van der Waals surface area contributed by atoms with Crippen LogP contribution in [0.2, 0.25) is 0 Å². The van der Waals surface area contributed by atoms with Crippen molar-refractivity contribution in [1.29, 1.82) is 0 Å². The van der Waals surface area contributed by atoms with Gasteiger partial charge in [0.25, 0.3) is 11.8 Å².